The zero-order chi connectivity index (χ0) is 3.58. The quantitative estimate of drug-likeness (QED) is 0.312. The molecule has 36 valence electrons. The van der Waals surface area contributed by atoms with Gasteiger partial charge in [0.25, 0.3) is 0 Å². The van der Waals surface area contributed by atoms with Crippen LogP contribution in [0, 0.1) is 57.1 Å². The van der Waals surface area contributed by atoms with Gasteiger partial charge in [-0.25, -0.2) is 0 Å². The molecule has 0 aliphatic heterocycles. The second-order valence-electron chi connectivity index (χ2n) is 0.224. The summed E-state index contributed by atoms with van der Waals surface area (Å²) in [6.45, 7) is 0. The van der Waals surface area contributed by atoms with E-state index in [0.29, 0.717) is 0 Å². The summed E-state index contributed by atoms with van der Waals surface area (Å²) >= 11 is 0. The van der Waals surface area contributed by atoms with Crippen LogP contribution < -0.4 is 0 Å². The summed E-state index contributed by atoms with van der Waals surface area (Å²) in [4.78, 5) is 8.25. The van der Waals surface area contributed by atoms with E-state index in [0.717, 1.165) is 0 Å². The SMILES string of the molecule is O=[N+]([O-])[O-].[Ce].[SbH3]. The van der Waals surface area contributed by atoms with E-state index in [1.165, 1.54) is 0 Å². The van der Waals surface area contributed by atoms with E-state index < -0.39 is 5.09 Å². The summed E-state index contributed by atoms with van der Waals surface area (Å²) in [5.41, 5.74) is 0. The summed E-state index contributed by atoms with van der Waals surface area (Å²) in [6, 6.07) is 0. The van der Waals surface area contributed by atoms with Crippen molar-refractivity contribution < 1.29 is 46.8 Å². The Morgan fingerprint density at radius 1 is 1.33 bits per heavy atom. The van der Waals surface area contributed by atoms with Crippen LogP contribution >= 0.6 is 0 Å². The van der Waals surface area contributed by atoms with Crippen LogP contribution in [0.25, 0.3) is 0 Å². The Hall–Kier alpha value is 1.39. The molecule has 0 bridgehead atoms. The fourth-order valence-corrected chi connectivity index (χ4v) is 0. The van der Waals surface area contributed by atoms with E-state index in [1.807, 2.05) is 0 Å². The molecule has 0 spiro atoms. The van der Waals surface area contributed by atoms with Gasteiger partial charge in [0.15, 0.2) is 0 Å². The molecule has 0 N–H and O–H groups in total. The molecule has 0 saturated carbocycles. The maximum atomic E-state index is 8.25. The summed E-state index contributed by atoms with van der Waals surface area (Å²) in [5, 5.41) is 14.8. The van der Waals surface area contributed by atoms with E-state index >= 15 is 0 Å². The zero-order valence-corrected chi connectivity index (χ0v) is 10.1. The van der Waals surface area contributed by atoms with Gasteiger partial charge in [-0.3, -0.25) is 0 Å². The first-order valence-corrected chi connectivity index (χ1v) is 0.548. The minimum absolute atomic E-state index is 0. The molecule has 0 radical (unpaired) electrons. The molecule has 0 aliphatic carbocycles. The van der Waals surface area contributed by atoms with Crippen molar-refractivity contribution in [1.82, 2.24) is 0 Å². The van der Waals surface area contributed by atoms with E-state index in [9.17, 15) is 0 Å². The van der Waals surface area contributed by atoms with E-state index in [-0.39, 0.29) is 66.2 Å². The third kappa shape index (κ3) is 53.6. The van der Waals surface area contributed by atoms with Gasteiger partial charge in [0.05, 0.1) is 5.09 Å². The van der Waals surface area contributed by atoms with Gasteiger partial charge in [-0.1, -0.05) is 0 Å². The second kappa shape index (κ2) is 9.64. The van der Waals surface area contributed by atoms with Gasteiger partial charge in [0.1, 0.15) is 0 Å². The first-order chi connectivity index (χ1) is 1.73. The van der Waals surface area contributed by atoms with Gasteiger partial charge in [-0.05, 0) is 0 Å². The third-order valence-corrected chi connectivity index (χ3v) is 0. The molecular weight excluding hydrogens is 324 g/mol. The number of nitrogens with zero attached hydrogens (tertiary/aromatic N) is 1. The van der Waals surface area contributed by atoms with Crippen molar-refractivity contribution in [2.45, 2.75) is 0 Å². The maximum absolute atomic E-state index is 8.25. The molecule has 0 unspecified atom stereocenters. The summed E-state index contributed by atoms with van der Waals surface area (Å²) in [7, 11) is 0. The van der Waals surface area contributed by atoms with Crippen LogP contribution in [-0.2, 0) is 0 Å². The average Bonchev–Trinajstić information content (AvgIpc) is 0.811. The van der Waals surface area contributed by atoms with E-state index in [1.54, 1.807) is 0 Å². The summed E-state index contributed by atoms with van der Waals surface area (Å²) in [5.74, 6) is 0. The van der Waals surface area contributed by atoms with Gasteiger partial charge >= 0.3 is 24.4 Å². The van der Waals surface area contributed by atoms with E-state index in [2.05, 4.69) is 0 Å². The van der Waals surface area contributed by atoms with Crippen molar-refractivity contribution in [2.75, 3.05) is 0 Å². The molecule has 0 aromatic carbocycles. The van der Waals surface area contributed by atoms with Crippen LogP contribution in [0.15, 0.2) is 0 Å². The molecule has 0 aliphatic rings. The van der Waals surface area contributed by atoms with Crippen molar-refractivity contribution in [3.63, 3.8) is 0 Å². The van der Waals surface area contributed by atoms with Gasteiger partial charge in [0.2, 0.25) is 0 Å². The Morgan fingerprint density at radius 2 is 1.33 bits per heavy atom. The second-order valence-corrected chi connectivity index (χ2v) is 0.224. The molecule has 0 amide bonds. The van der Waals surface area contributed by atoms with Crippen molar-refractivity contribution >= 4 is 24.4 Å². The predicted octanol–water partition coefficient (Wildman–Crippen LogP) is -1.42. The van der Waals surface area contributed by atoms with Crippen LogP contribution in [0.1, 0.15) is 0 Å². The van der Waals surface area contributed by atoms with Gasteiger partial charge in [0, 0.05) is 41.7 Å². The van der Waals surface area contributed by atoms with Crippen molar-refractivity contribution in [1.29, 1.82) is 0 Å². The Kier molecular flexibility index (Phi) is 25.1. The average molecular weight is 327 g/mol. The Balaban J connectivity index is -0.0000000450. The topological polar surface area (TPSA) is 66.2 Å². The number of hydrogen-bond donors (Lipinski definition) is 0. The molecule has 0 rings (SSSR count). The fraction of sp³-hybridized carbons (Fsp3) is 0. The number of rotatable bonds is 0. The standard InChI is InChI=1S/Ce.NO3.Sb.3H/c;2-1(3)4;;;;/q;-1;;;;. The van der Waals surface area contributed by atoms with Crippen molar-refractivity contribution in [2.24, 2.45) is 0 Å². The van der Waals surface area contributed by atoms with E-state index in [4.69, 9.17) is 15.3 Å². The molecular formula is H3CeNO3Sb-. The molecule has 4 nitrogen and oxygen atoms in total. The molecule has 0 atom stereocenters. The number of hydrogen-bond acceptors (Lipinski definition) is 3. The van der Waals surface area contributed by atoms with Gasteiger partial charge < -0.3 is 15.3 Å². The van der Waals surface area contributed by atoms with Gasteiger partial charge in [-0.2, -0.15) is 0 Å². The molecule has 0 heterocycles. The molecule has 0 aromatic heterocycles. The van der Waals surface area contributed by atoms with Crippen LogP contribution in [-0.4, -0.2) is 29.5 Å². The first kappa shape index (κ1) is 15.7. The molecule has 0 aromatic rings. The third-order valence-electron chi connectivity index (χ3n) is 0. The van der Waals surface area contributed by atoms with Gasteiger partial charge in [-0.15, -0.1) is 0 Å². The van der Waals surface area contributed by atoms with Crippen LogP contribution in [0.3, 0.4) is 0 Å². The minimum atomic E-state index is -1.75. The molecule has 0 fully saturated rings. The van der Waals surface area contributed by atoms with Crippen LogP contribution in [0.5, 0.6) is 0 Å². The predicted molar refractivity (Wildman–Crippen MR) is 20.3 cm³/mol. The van der Waals surface area contributed by atoms with Crippen LogP contribution in [0.2, 0.25) is 0 Å². The zero-order valence-electron chi connectivity index (χ0n) is 2.88. The summed E-state index contributed by atoms with van der Waals surface area (Å²) < 4.78 is 0. The molecule has 0 saturated heterocycles. The summed E-state index contributed by atoms with van der Waals surface area (Å²) in [6.07, 6.45) is 0. The normalized spacial score (nSPS) is 4.00. The molecule has 6 heteroatoms. The Labute approximate surface area is 85.2 Å². The molecule has 6 heavy (non-hydrogen) atoms. The van der Waals surface area contributed by atoms with Crippen molar-refractivity contribution in [3.05, 3.63) is 15.3 Å². The Morgan fingerprint density at radius 3 is 1.33 bits per heavy atom. The van der Waals surface area contributed by atoms with Crippen molar-refractivity contribution in [3.8, 4) is 0 Å². The first-order valence-electron chi connectivity index (χ1n) is 0.548. The fourth-order valence-electron chi connectivity index (χ4n) is 0. The monoisotopic (exact) mass is 326 g/mol. The van der Waals surface area contributed by atoms with Crippen LogP contribution in [0.4, 0.5) is 0 Å². The Bertz CT molecular complexity index is 33.8.